The summed E-state index contributed by atoms with van der Waals surface area (Å²) in [6.07, 6.45) is 1.66. The van der Waals surface area contributed by atoms with Gasteiger partial charge in [-0.3, -0.25) is 4.79 Å². The maximum atomic E-state index is 12.8. The Hall–Kier alpha value is -2.53. The lowest BCUT2D eigenvalue weighted by Gasteiger charge is -2.30. The molecule has 6 heteroatoms. The number of rotatable bonds is 3. The van der Waals surface area contributed by atoms with Crippen LogP contribution in [-0.4, -0.2) is 36.0 Å². The lowest BCUT2D eigenvalue weighted by molar-refractivity contribution is 0.0706. The molecule has 0 saturated carbocycles. The summed E-state index contributed by atoms with van der Waals surface area (Å²) in [6.45, 7) is 3.32. The van der Waals surface area contributed by atoms with Crippen LogP contribution >= 0.6 is 11.6 Å². The number of halogens is 1. The van der Waals surface area contributed by atoms with Crippen molar-refractivity contribution in [1.29, 1.82) is 0 Å². The number of methoxy groups -OCH3 is 1. The highest BCUT2D eigenvalue weighted by atomic mass is 35.5. The standard InChI is InChI=1S/C21H21ClN2O3/c1-13-3-4-15(11-19(13)26-2)21(25)24-9-7-14(8-10-24)20-23-17-12-16(22)5-6-18(17)27-20/h3-6,11-12,14H,7-10H2,1-2H3. The van der Waals surface area contributed by atoms with Crippen molar-refractivity contribution in [3.05, 3.63) is 58.4 Å². The molecule has 1 aromatic heterocycles. The number of amides is 1. The molecule has 1 fully saturated rings. The zero-order valence-corrected chi connectivity index (χ0v) is 16.1. The molecule has 0 spiro atoms. The highest BCUT2D eigenvalue weighted by molar-refractivity contribution is 6.31. The van der Waals surface area contributed by atoms with Gasteiger partial charge in [-0.15, -0.1) is 0 Å². The number of hydrogen-bond donors (Lipinski definition) is 0. The van der Waals surface area contributed by atoms with Gasteiger partial charge in [-0.05, 0) is 55.7 Å². The van der Waals surface area contributed by atoms with Gasteiger partial charge in [-0.2, -0.15) is 0 Å². The van der Waals surface area contributed by atoms with E-state index in [1.54, 1.807) is 13.2 Å². The molecule has 27 heavy (non-hydrogen) atoms. The van der Waals surface area contributed by atoms with Crippen molar-refractivity contribution < 1.29 is 13.9 Å². The topological polar surface area (TPSA) is 55.6 Å². The summed E-state index contributed by atoms with van der Waals surface area (Å²) >= 11 is 6.02. The number of carbonyl (C=O) groups excluding carboxylic acids is 1. The summed E-state index contributed by atoms with van der Waals surface area (Å²) < 4.78 is 11.2. The summed E-state index contributed by atoms with van der Waals surface area (Å²) in [7, 11) is 1.62. The third kappa shape index (κ3) is 3.52. The molecule has 1 amide bonds. The van der Waals surface area contributed by atoms with E-state index in [4.69, 9.17) is 20.8 Å². The van der Waals surface area contributed by atoms with Gasteiger partial charge in [0.15, 0.2) is 11.5 Å². The minimum Gasteiger partial charge on any atom is -0.496 e. The summed E-state index contributed by atoms with van der Waals surface area (Å²) in [5.74, 6) is 1.72. The third-order valence-corrected chi connectivity index (χ3v) is 5.39. The number of nitrogens with zero attached hydrogens (tertiary/aromatic N) is 2. The minimum absolute atomic E-state index is 0.0381. The van der Waals surface area contributed by atoms with Crippen LogP contribution in [0.3, 0.4) is 0 Å². The van der Waals surface area contributed by atoms with Gasteiger partial charge >= 0.3 is 0 Å². The molecule has 3 aromatic rings. The molecule has 0 aliphatic carbocycles. The molecular formula is C21H21ClN2O3. The van der Waals surface area contributed by atoms with E-state index in [0.717, 1.165) is 41.1 Å². The molecule has 0 N–H and O–H groups in total. The lowest BCUT2D eigenvalue weighted by atomic mass is 9.96. The first-order chi connectivity index (χ1) is 13.0. The normalized spacial score (nSPS) is 15.3. The molecule has 140 valence electrons. The first kappa shape index (κ1) is 17.9. The number of fused-ring (bicyclic) bond motifs is 1. The zero-order valence-electron chi connectivity index (χ0n) is 15.4. The van der Waals surface area contributed by atoms with Crippen molar-refractivity contribution in [3.63, 3.8) is 0 Å². The van der Waals surface area contributed by atoms with Crippen molar-refractivity contribution in [2.45, 2.75) is 25.7 Å². The molecule has 5 nitrogen and oxygen atoms in total. The molecule has 0 radical (unpaired) electrons. The number of oxazole rings is 1. The molecule has 0 unspecified atom stereocenters. The van der Waals surface area contributed by atoms with E-state index in [0.29, 0.717) is 23.7 Å². The van der Waals surface area contributed by atoms with E-state index < -0.39 is 0 Å². The second kappa shape index (κ2) is 7.24. The monoisotopic (exact) mass is 384 g/mol. The Bertz CT molecular complexity index is 990. The van der Waals surface area contributed by atoms with Crippen LogP contribution in [0.4, 0.5) is 0 Å². The largest absolute Gasteiger partial charge is 0.496 e. The highest BCUT2D eigenvalue weighted by Crippen LogP contribution is 2.31. The van der Waals surface area contributed by atoms with E-state index in [9.17, 15) is 4.79 Å². The van der Waals surface area contributed by atoms with Crippen LogP contribution in [0.1, 0.15) is 40.6 Å². The molecule has 1 aliphatic rings. The maximum absolute atomic E-state index is 12.8. The molecule has 2 heterocycles. The lowest BCUT2D eigenvalue weighted by Crippen LogP contribution is -2.38. The Kier molecular flexibility index (Phi) is 4.79. The van der Waals surface area contributed by atoms with E-state index >= 15 is 0 Å². The van der Waals surface area contributed by atoms with Gasteiger partial charge in [0.2, 0.25) is 0 Å². The van der Waals surface area contributed by atoms with Gasteiger partial charge < -0.3 is 14.1 Å². The number of likely N-dealkylation sites (tertiary alicyclic amines) is 1. The zero-order chi connectivity index (χ0) is 19.0. The van der Waals surface area contributed by atoms with Crippen LogP contribution in [-0.2, 0) is 0 Å². The maximum Gasteiger partial charge on any atom is 0.253 e. The number of piperidine rings is 1. The van der Waals surface area contributed by atoms with Crippen molar-refractivity contribution in [2.75, 3.05) is 20.2 Å². The molecule has 1 saturated heterocycles. The van der Waals surface area contributed by atoms with Gasteiger partial charge in [-0.1, -0.05) is 17.7 Å². The van der Waals surface area contributed by atoms with Crippen LogP contribution in [0.15, 0.2) is 40.8 Å². The molecule has 0 atom stereocenters. The van der Waals surface area contributed by atoms with E-state index in [-0.39, 0.29) is 11.8 Å². The average molecular weight is 385 g/mol. The number of benzene rings is 2. The van der Waals surface area contributed by atoms with Crippen LogP contribution in [0.2, 0.25) is 5.02 Å². The fourth-order valence-electron chi connectivity index (χ4n) is 3.56. The average Bonchev–Trinajstić information content (AvgIpc) is 3.11. The second-order valence-corrected chi connectivity index (χ2v) is 7.35. The van der Waals surface area contributed by atoms with Gasteiger partial charge in [0.1, 0.15) is 11.3 Å². The number of carbonyl (C=O) groups is 1. The smallest absolute Gasteiger partial charge is 0.253 e. The SMILES string of the molecule is COc1cc(C(=O)N2CCC(c3nc4cc(Cl)ccc4o3)CC2)ccc1C. The van der Waals surface area contributed by atoms with E-state index in [1.165, 1.54) is 0 Å². The Morgan fingerprint density at radius 3 is 2.74 bits per heavy atom. The Balaban J connectivity index is 1.45. The molecule has 2 aromatic carbocycles. The van der Waals surface area contributed by atoms with Crippen molar-refractivity contribution in [3.8, 4) is 5.75 Å². The number of aromatic nitrogens is 1. The molecule has 1 aliphatic heterocycles. The first-order valence-electron chi connectivity index (χ1n) is 9.05. The van der Waals surface area contributed by atoms with E-state index in [2.05, 4.69) is 4.98 Å². The van der Waals surface area contributed by atoms with Crippen LogP contribution in [0, 0.1) is 6.92 Å². The Morgan fingerprint density at radius 1 is 1.22 bits per heavy atom. The summed E-state index contributed by atoms with van der Waals surface area (Å²) in [5, 5.41) is 0.649. The Morgan fingerprint density at radius 2 is 2.00 bits per heavy atom. The minimum atomic E-state index is 0.0381. The third-order valence-electron chi connectivity index (χ3n) is 5.15. The van der Waals surface area contributed by atoms with Gasteiger partial charge in [-0.25, -0.2) is 4.98 Å². The van der Waals surface area contributed by atoms with Gasteiger partial charge in [0.05, 0.1) is 7.11 Å². The molecule has 4 rings (SSSR count). The van der Waals surface area contributed by atoms with Gasteiger partial charge in [0.25, 0.3) is 5.91 Å². The first-order valence-corrected chi connectivity index (χ1v) is 9.43. The quantitative estimate of drug-likeness (QED) is 0.649. The van der Waals surface area contributed by atoms with Crippen LogP contribution < -0.4 is 4.74 Å². The predicted octanol–water partition coefficient (Wildman–Crippen LogP) is 4.82. The van der Waals surface area contributed by atoms with Crippen LogP contribution in [0.5, 0.6) is 5.75 Å². The fourth-order valence-corrected chi connectivity index (χ4v) is 3.72. The highest BCUT2D eigenvalue weighted by Gasteiger charge is 2.27. The second-order valence-electron chi connectivity index (χ2n) is 6.92. The summed E-state index contributed by atoms with van der Waals surface area (Å²) in [5.41, 5.74) is 3.21. The summed E-state index contributed by atoms with van der Waals surface area (Å²) in [4.78, 5) is 19.3. The Labute approximate surface area is 162 Å². The molecular weight excluding hydrogens is 364 g/mol. The number of aryl methyl sites for hydroxylation is 1. The van der Waals surface area contributed by atoms with E-state index in [1.807, 2.05) is 42.2 Å². The van der Waals surface area contributed by atoms with Crippen molar-refractivity contribution >= 4 is 28.6 Å². The van der Waals surface area contributed by atoms with Crippen LogP contribution in [0.25, 0.3) is 11.1 Å². The molecule has 0 bridgehead atoms. The summed E-state index contributed by atoms with van der Waals surface area (Å²) in [6, 6.07) is 11.0. The van der Waals surface area contributed by atoms with Crippen molar-refractivity contribution in [2.24, 2.45) is 0 Å². The van der Waals surface area contributed by atoms with Crippen molar-refractivity contribution in [1.82, 2.24) is 9.88 Å². The number of hydrogen-bond acceptors (Lipinski definition) is 4. The predicted molar refractivity (Wildman–Crippen MR) is 105 cm³/mol. The number of ether oxygens (including phenoxy) is 1. The van der Waals surface area contributed by atoms with Gasteiger partial charge in [0, 0.05) is 29.6 Å². The fraction of sp³-hybridized carbons (Fsp3) is 0.333.